The minimum Gasteiger partial charge on any atom is -0.273 e. The molecule has 4 aliphatic carbocycles. The average Bonchev–Trinajstić information content (AvgIpc) is 3.57. The molecule has 0 nitrogen and oxygen atoms in total. The van der Waals surface area contributed by atoms with E-state index in [9.17, 15) is 0 Å². The van der Waals surface area contributed by atoms with Gasteiger partial charge in [0, 0.05) is 25.8 Å². The Bertz CT molecular complexity index is 569. The summed E-state index contributed by atoms with van der Waals surface area (Å²) in [6, 6.07) is 0. The van der Waals surface area contributed by atoms with E-state index in [0.29, 0.717) is 0 Å². The molecule has 0 bridgehead atoms. The Balaban J connectivity index is -0.0000000745. The second kappa shape index (κ2) is 38.1. The summed E-state index contributed by atoms with van der Waals surface area (Å²) in [7, 11) is 0. The Kier molecular flexibility index (Phi) is 53.4. The molecule has 4 rings (SSSR count). The summed E-state index contributed by atoms with van der Waals surface area (Å²) in [5.41, 5.74) is 2.83. The van der Waals surface area contributed by atoms with E-state index in [2.05, 4.69) is 74.6 Å². The molecule has 0 aromatic heterocycles. The maximum Gasteiger partial charge on any atom is 2.00 e. The van der Waals surface area contributed by atoms with Gasteiger partial charge >= 0.3 is 18.6 Å². The average molecular weight is 748 g/mol. The fourth-order valence-corrected chi connectivity index (χ4v) is 2.66. The quantitative estimate of drug-likeness (QED) is 0.188. The van der Waals surface area contributed by atoms with Crippen molar-refractivity contribution < 1.29 is 44.4 Å². The van der Waals surface area contributed by atoms with Gasteiger partial charge in [0.2, 0.25) is 0 Å². The van der Waals surface area contributed by atoms with Crippen molar-refractivity contribution in [3.8, 4) is 0 Å². The van der Waals surface area contributed by atoms with Gasteiger partial charge in [-0.05, 0) is 0 Å². The van der Waals surface area contributed by atoms with E-state index in [1.54, 1.807) is 0 Å². The van der Waals surface area contributed by atoms with Crippen molar-refractivity contribution in [1.29, 1.82) is 0 Å². The van der Waals surface area contributed by atoms with Crippen LogP contribution in [0.15, 0.2) is 71.9 Å². The van der Waals surface area contributed by atoms with Gasteiger partial charge in [-0.15, -0.1) is 75.3 Å². The van der Waals surface area contributed by atoms with Crippen LogP contribution in [0.25, 0.3) is 0 Å². The van der Waals surface area contributed by atoms with Crippen LogP contribution < -0.4 is 0 Å². The van der Waals surface area contributed by atoms with Crippen molar-refractivity contribution in [3.63, 3.8) is 0 Å². The van der Waals surface area contributed by atoms with E-state index in [4.69, 9.17) is 0 Å². The van der Waals surface area contributed by atoms with Crippen LogP contribution in [-0.4, -0.2) is 0 Å². The molecule has 0 unspecified atom stereocenters. The van der Waals surface area contributed by atoms with E-state index < -0.39 is 0 Å². The Morgan fingerprint density at radius 3 is 1.18 bits per heavy atom. The number of hydrogen-bond acceptors (Lipinski definition) is 0. The van der Waals surface area contributed by atoms with Gasteiger partial charge in [0.1, 0.15) is 0 Å². The van der Waals surface area contributed by atoms with Crippen LogP contribution in [0.3, 0.4) is 0 Å². The molecule has 0 atom stereocenters. The summed E-state index contributed by atoms with van der Waals surface area (Å²) in [5, 5.41) is 0. The van der Waals surface area contributed by atoms with Crippen molar-refractivity contribution in [1.82, 2.24) is 0 Å². The summed E-state index contributed by atoms with van der Waals surface area (Å²) in [6.07, 6.45) is 45.1. The van der Waals surface area contributed by atoms with E-state index in [0.717, 1.165) is 25.7 Å². The minimum absolute atomic E-state index is 0. The molecule has 6 heteroatoms. The molecule has 191 valence electrons. The third-order valence-corrected chi connectivity index (χ3v) is 4.30. The molecule has 4 aliphatic rings. The van der Waals surface area contributed by atoms with E-state index in [1.165, 1.54) is 49.7 Å². The molecule has 0 fully saturated rings. The zero-order valence-corrected chi connectivity index (χ0v) is 28.7. The topological polar surface area (TPSA) is 0 Å². The second-order valence-electron chi connectivity index (χ2n) is 6.83. The van der Waals surface area contributed by atoms with Crippen LogP contribution in [-0.2, 0) is 44.4 Å². The first kappa shape index (κ1) is 47.7. The van der Waals surface area contributed by atoms with Crippen LogP contribution >= 0.6 is 49.6 Å². The molecule has 34 heavy (non-hydrogen) atoms. The smallest absolute Gasteiger partial charge is 0.273 e. The Hall–Kier alpha value is 0.535. The maximum atomic E-state index is 3.30. The molecule has 0 N–H and O–H groups in total. The van der Waals surface area contributed by atoms with Gasteiger partial charge in [-0.1, -0.05) is 52.4 Å². The second-order valence-corrected chi connectivity index (χ2v) is 6.83. The van der Waals surface area contributed by atoms with Crippen LogP contribution in [0, 0.1) is 24.3 Å². The van der Waals surface area contributed by atoms with E-state index >= 15 is 0 Å². The van der Waals surface area contributed by atoms with E-state index in [-0.39, 0.29) is 94.0 Å². The van der Waals surface area contributed by atoms with Crippen LogP contribution in [0.4, 0.5) is 0 Å². The van der Waals surface area contributed by atoms with Crippen LogP contribution in [0.2, 0.25) is 0 Å². The number of allylic oxidation sites excluding steroid dienone is 16. The molecule has 0 aromatic rings. The Morgan fingerprint density at radius 2 is 1.00 bits per heavy atom. The normalized spacial score (nSPS) is 13.8. The molecule has 1 radical (unpaired) electrons. The monoisotopic (exact) mass is 747 g/mol. The fourth-order valence-electron chi connectivity index (χ4n) is 2.66. The third-order valence-electron chi connectivity index (χ3n) is 4.30. The molecule has 0 aromatic carbocycles. The summed E-state index contributed by atoms with van der Waals surface area (Å²) in [4.78, 5) is 0. The molecule has 0 amide bonds. The van der Waals surface area contributed by atoms with Crippen molar-refractivity contribution in [2.45, 2.75) is 78.1 Å². The molecule has 0 aliphatic heterocycles. The molecule has 0 saturated heterocycles. The number of halogens is 4. The minimum atomic E-state index is 0. The summed E-state index contributed by atoms with van der Waals surface area (Å²) >= 11 is 0. The third kappa shape index (κ3) is 30.6. The summed E-state index contributed by atoms with van der Waals surface area (Å²) < 4.78 is 0. The van der Waals surface area contributed by atoms with E-state index in [1.807, 2.05) is 24.3 Å². The number of rotatable bonds is 6. The van der Waals surface area contributed by atoms with Gasteiger partial charge < -0.3 is 0 Å². The zero-order valence-electron chi connectivity index (χ0n) is 20.4. The molecule has 0 saturated carbocycles. The standard InChI is InChI=1S/2C9H13.2C5H5.4ClH.Hf.V/c2*1-2-3-6-9-7-4-5-8-9;2*1-2-4-5-3-1;;;;;;/h2*4,7H,2-3,5-6H2,1H3;2*1-3H,4H2;4*1H;;/q4*-1;;;;;;+2. The Morgan fingerprint density at radius 1 is 0.618 bits per heavy atom. The van der Waals surface area contributed by atoms with Gasteiger partial charge in [0.15, 0.2) is 0 Å². The van der Waals surface area contributed by atoms with Gasteiger partial charge in [-0.25, -0.2) is 47.6 Å². The predicted molar refractivity (Wildman–Crippen MR) is 152 cm³/mol. The van der Waals surface area contributed by atoms with Gasteiger partial charge in [-0.2, -0.15) is 24.3 Å². The van der Waals surface area contributed by atoms with Crippen molar-refractivity contribution >= 4 is 49.6 Å². The molecular weight excluding hydrogens is 708 g/mol. The van der Waals surface area contributed by atoms with Crippen LogP contribution in [0.1, 0.15) is 78.1 Å². The van der Waals surface area contributed by atoms with Crippen molar-refractivity contribution in [3.05, 3.63) is 96.2 Å². The molecule has 0 heterocycles. The summed E-state index contributed by atoms with van der Waals surface area (Å²) in [5.74, 6) is 0. The van der Waals surface area contributed by atoms with Crippen molar-refractivity contribution in [2.24, 2.45) is 0 Å². The SMILES string of the molecule is CCCCC1=[C-]CC=C1.CCCCC1=[C-]CC=C1.Cl.Cl.Cl.Cl.[C-]1=CC=CC1.[C-]1=CC=CC1.[Hf].[V+2]. The Labute approximate surface area is 266 Å². The number of hydrogen-bond donors (Lipinski definition) is 0. The van der Waals surface area contributed by atoms with Crippen LogP contribution in [0.5, 0.6) is 0 Å². The first-order valence-electron chi connectivity index (χ1n) is 10.8. The first-order valence-corrected chi connectivity index (χ1v) is 10.8. The van der Waals surface area contributed by atoms with Gasteiger partial charge in [0.05, 0.1) is 0 Å². The fraction of sp³-hybridized carbons (Fsp3) is 0.429. The number of unbranched alkanes of at least 4 members (excludes halogenated alkanes) is 2. The summed E-state index contributed by atoms with van der Waals surface area (Å²) in [6.45, 7) is 4.44. The molecular formula is C28H40Cl4HfV-2. The maximum absolute atomic E-state index is 3.30. The van der Waals surface area contributed by atoms with Gasteiger partial charge in [-0.3, -0.25) is 24.3 Å². The first-order chi connectivity index (χ1) is 13.9. The molecule has 0 spiro atoms. The predicted octanol–water partition coefficient (Wildman–Crippen LogP) is 10.0. The van der Waals surface area contributed by atoms with Crippen molar-refractivity contribution in [2.75, 3.05) is 0 Å². The zero-order chi connectivity index (χ0) is 20.1. The largest absolute Gasteiger partial charge is 2.00 e. The van der Waals surface area contributed by atoms with Gasteiger partial charge in [0.25, 0.3) is 0 Å².